The highest BCUT2D eigenvalue weighted by Crippen LogP contribution is 2.19. The molecule has 102 valence electrons. The third kappa shape index (κ3) is 4.01. The Morgan fingerprint density at radius 1 is 1.39 bits per heavy atom. The lowest BCUT2D eigenvalue weighted by atomic mass is 10.1. The number of ether oxygens (including phenoxy) is 1. The number of nitrogens with one attached hydrogen (secondary N) is 1. The van der Waals surface area contributed by atoms with Gasteiger partial charge in [0.05, 0.1) is 6.61 Å². The number of aliphatic hydroxyl groups excluding tert-OH is 1. The van der Waals surface area contributed by atoms with E-state index in [1.165, 1.54) is 6.07 Å². The molecule has 5 heteroatoms. The minimum absolute atomic E-state index is 0.0133. The highest BCUT2D eigenvalue weighted by atomic mass is 19.2. The smallest absolute Gasteiger partial charge is 0.163 e. The van der Waals surface area contributed by atoms with Crippen LogP contribution in [0.5, 0.6) is 0 Å². The number of aliphatic hydroxyl groups is 1. The molecule has 0 heterocycles. The maximum absolute atomic E-state index is 13.6. The summed E-state index contributed by atoms with van der Waals surface area (Å²) in [7, 11) is 1.56. The van der Waals surface area contributed by atoms with Crippen molar-refractivity contribution in [2.45, 2.75) is 25.4 Å². The Labute approximate surface area is 106 Å². The predicted octanol–water partition coefficient (Wildman–Crippen LogP) is 2.01. The molecule has 0 aliphatic rings. The normalized spacial score (nSPS) is 14.5. The summed E-state index contributed by atoms with van der Waals surface area (Å²) in [5.41, 5.74) is 0.272. The molecule has 2 N–H and O–H groups in total. The third-order valence-corrected chi connectivity index (χ3v) is 2.78. The van der Waals surface area contributed by atoms with Gasteiger partial charge in [-0.05, 0) is 19.4 Å². The molecule has 0 fully saturated rings. The topological polar surface area (TPSA) is 41.5 Å². The first-order chi connectivity index (χ1) is 8.60. The minimum atomic E-state index is -0.855. The highest BCUT2D eigenvalue weighted by molar-refractivity contribution is 5.22. The van der Waals surface area contributed by atoms with Crippen LogP contribution in [0.1, 0.15) is 24.9 Å². The Balaban J connectivity index is 2.73. The minimum Gasteiger partial charge on any atom is -0.396 e. The van der Waals surface area contributed by atoms with Gasteiger partial charge in [-0.25, -0.2) is 8.78 Å². The van der Waals surface area contributed by atoms with Gasteiger partial charge in [-0.2, -0.15) is 0 Å². The Morgan fingerprint density at radius 2 is 2.11 bits per heavy atom. The first kappa shape index (κ1) is 15.0. The molecule has 18 heavy (non-hydrogen) atoms. The van der Waals surface area contributed by atoms with Crippen molar-refractivity contribution < 1.29 is 18.6 Å². The summed E-state index contributed by atoms with van der Waals surface area (Å²) >= 11 is 0. The number of methoxy groups -OCH3 is 1. The van der Waals surface area contributed by atoms with Crippen LogP contribution in [-0.2, 0) is 4.74 Å². The summed E-state index contributed by atoms with van der Waals surface area (Å²) in [6, 6.07) is 3.65. The summed E-state index contributed by atoms with van der Waals surface area (Å²) in [6.45, 7) is 2.17. The monoisotopic (exact) mass is 259 g/mol. The van der Waals surface area contributed by atoms with Crippen LogP contribution >= 0.6 is 0 Å². The molecule has 3 nitrogen and oxygen atoms in total. The largest absolute Gasteiger partial charge is 0.396 e. The fraction of sp³-hybridized carbons (Fsp3) is 0.538. The van der Waals surface area contributed by atoms with Crippen LogP contribution in [0.4, 0.5) is 8.78 Å². The lowest BCUT2D eigenvalue weighted by molar-refractivity contribution is 0.143. The fourth-order valence-corrected chi connectivity index (χ4v) is 1.87. The van der Waals surface area contributed by atoms with Gasteiger partial charge in [-0.15, -0.1) is 0 Å². The first-order valence-corrected chi connectivity index (χ1v) is 5.90. The Kier molecular flexibility index (Phi) is 6.18. The number of hydrogen-bond donors (Lipinski definition) is 2. The molecule has 2 unspecified atom stereocenters. The van der Waals surface area contributed by atoms with E-state index in [9.17, 15) is 8.78 Å². The average molecular weight is 259 g/mol. The van der Waals surface area contributed by atoms with E-state index in [0.717, 1.165) is 6.07 Å². The number of rotatable bonds is 7. The van der Waals surface area contributed by atoms with Crippen molar-refractivity contribution in [2.24, 2.45) is 0 Å². The number of benzene rings is 1. The quantitative estimate of drug-likeness (QED) is 0.787. The predicted molar refractivity (Wildman–Crippen MR) is 65.3 cm³/mol. The van der Waals surface area contributed by atoms with E-state index >= 15 is 0 Å². The van der Waals surface area contributed by atoms with Gasteiger partial charge < -0.3 is 15.2 Å². The molecule has 0 saturated carbocycles. The maximum Gasteiger partial charge on any atom is 0.163 e. The molecule has 1 aromatic rings. The van der Waals surface area contributed by atoms with Crippen molar-refractivity contribution in [3.8, 4) is 0 Å². The van der Waals surface area contributed by atoms with E-state index in [-0.39, 0.29) is 24.3 Å². The first-order valence-electron chi connectivity index (χ1n) is 5.90. The van der Waals surface area contributed by atoms with Gasteiger partial charge in [0.1, 0.15) is 0 Å². The van der Waals surface area contributed by atoms with Crippen LogP contribution in [-0.4, -0.2) is 31.5 Å². The van der Waals surface area contributed by atoms with Crippen molar-refractivity contribution in [3.63, 3.8) is 0 Å². The van der Waals surface area contributed by atoms with Gasteiger partial charge >= 0.3 is 0 Å². The van der Waals surface area contributed by atoms with Crippen LogP contribution in [0.15, 0.2) is 18.2 Å². The van der Waals surface area contributed by atoms with E-state index in [1.54, 1.807) is 20.1 Å². The molecule has 0 aliphatic carbocycles. The SMILES string of the molecule is COCC(CCO)NC(C)c1cccc(F)c1F. The number of halogens is 2. The average Bonchev–Trinajstić information content (AvgIpc) is 2.33. The Morgan fingerprint density at radius 3 is 2.72 bits per heavy atom. The second-order valence-corrected chi connectivity index (χ2v) is 4.20. The van der Waals surface area contributed by atoms with Crippen LogP contribution in [0, 0.1) is 11.6 Å². The summed E-state index contributed by atoms with van der Waals surface area (Å²) < 4.78 is 31.7. The molecule has 0 radical (unpaired) electrons. The molecule has 0 aliphatic heterocycles. The van der Waals surface area contributed by atoms with Gasteiger partial charge in [-0.1, -0.05) is 12.1 Å². The Bertz CT molecular complexity index is 368. The summed E-state index contributed by atoms with van der Waals surface area (Å²) in [4.78, 5) is 0. The molecular weight excluding hydrogens is 240 g/mol. The zero-order valence-electron chi connectivity index (χ0n) is 10.6. The fourth-order valence-electron chi connectivity index (χ4n) is 1.87. The standard InChI is InChI=1S/C13H19F2NO2/c1-9(16-10(6-7-17)8-18-2)11-4-3-5-12(14)13(11)15/h3-5,9-10,16-17H,6-8H2,1-2H3. The van der Waals surface area contributed by atoms with Gasteiger partial charge in [0.15, 0.2) is 11.6 Å². The molecule has 2 atom stereocenters. The second-order valence-electron chi connectivity index (χ2n) is 4.20. The van der Waals surface area contributed by atoms with Crippen molar-refractivity contribution >= 4 is 0 Å². The van der Waals surface area contributed by atoms with E-state index in [1.807, 2.05) is 0 Å². The van der Waals surface area contributed by atoms with E-state index in [2.05, 4.69) is 5.32 Å². The summed E-state index contributed by atoms with van der Waals surface area (Å²) in [6.07, 6.45) is 0.495. The Hall–Kier alpha value is -1.04. The molecule has 0 bridgehead atoms. The van der Waals surface area contributed by atoms with Crippen LogP contribution < -0.4 is 5.32 Å². The van der Waals surface area contributed by atoms with Crippen molar-refractivity contribution in [1.29, 1.82) is 0 Å². The zero-order chi connectivity index (χ0) is 13.5. The lowest BCUT2D eigenvalue weighted by Crippen LogP contribution is -2.36. The van der Waals surface area contributed by atoms with Crippen molar-refractivity contribution in [3.05, 3.63) is 35.4 Å². The van der Waals surface area contributed by atoms with Gasteiger partial charge in [-0.3, -0.25) is 0 Å². The zero-order valence-corrected chi connectivity index (χ0v) is 10.6. The summed E-state index contributed by atoms with van der Waals surface area (Å²) in [5.74, 6) is -1.69. The van der Waals surface area contributed by atoms with Crippen LogP contribution in [0.2, 0.25) is 0 Å². The van der Waals surface area contributed by atoms with Gasteiger partial charge in [0, 0.05) is 31.4 Å². The van der Waals surface area contributed by atoms with Crippen molar-refractivity contribution in [1.82, 2.24) is 5.32 Å². The summed E-state index contributed by atoms with van der Waals surface area (Å²) in [5, 5.41) is 12.0. The van der Waals surface area contributed by atoms with Gasteiger partial charge in [0.25, 0.3) is 0 Å². The van der Waals surface area contributed by atoms with E-state index in [0.29, 0.717) is 13.0 Å². The third-order valence-electron chi connectivity index (χ3n) is 2.78. The molecule has 0 amide bonds. The van der Waals surface area contributed by atoms with Crippen molar-refractivity contribution in [2.75, 3.05) is 20.3 Å². The van der Waals surface area contributed by atoms with E-state index in [4.69, 9.17) is 9.84 Å². The van der Waals surface area contributed by atoms with Crippen LogP contribution in [0.25, 0.3) is 0 Å². The highest BCUT2D eigenvalue weighted by Gasteiger charge is 2.17. The lowest BCUT2D eigenvalue weighted by Gasteiger charge is -2.23. The second kappa shape index (κ2) is 7.41. The molecule has 0 saturated heterocycles. The number of hydrogen-bond acceptors (Lipinski definition) is 3. The molecular formula is C13H19F2NO2. The van der Waals surface area contributed by atoms with Crippen LogP contribution in [0.3, 0.4) is 0 Å². The molecule has 0 aromatic heterocycles. The molecule has 0 spiro atoms. The maximum atomic E-state index is 13.6. The van der Waals surface area contributed by atoms with E-state index < -0.39 is 11.6 Å². The molecule has 1 rings (SSSR count). The van der Waals surface area contributed by atoms with Gasteiger partial charge in [0.2, 0.25) is 0 Å². The molecule has 1 aromatic carbocycles.